The van der Waals surface area contributed by atoms with E-state index in [-0.39, 0.29) is 5.41 Å². The second-order valence-electron chi connectivity index (χ2n) is 9.20. The van der Waals surface area contributed by atoms with Gasteiger partial charge in [-0.2, -0.15) is 0 Å². The van der Waals surface area contributed by atoms with E-state index in [1.165, 1.54) is 23.3 Å². The Morgan fingerprint density at radius 3 is 2.52 bits per heavy atom. The molecule has 1 aliphatic carbocycles. The third kappa shape index (κ3) is 6.06. The number of carbonyl (C=O) groups excluding carboxylic acids is 1. The summed E-state index contributed by atoms with van der Waals surface area (Å²) in [5.74, 6) is -0.687. The lowest BCUT2D eigenvalue weighted by Gasteiger charge is -2.36. The number of carbonyl (C=O) groups is 1. The molecule has 0 saturated heterocycles. The van der Waals surface area contributed by atoms with Crippen molar-refractivity contribution in [1.82, 2.24) is 0 Å². The van der Waals surface area contributed by atoms with Gasteiger partial charge in [-0.3, -0.25) is 0 Å². The van der Waals surface area contributed by atoms with Crippen LogP contribution >= 0.6 is 15.9 Å². The van der Waals surface area contributed by atoms with Crippen molar-refractivity contribution in [1.29, 1.82) is 0 Å². The average molecular weight is 518 g/mol. The molecule has 180 valence electrons. The quantitative estimate of drug-likeness (QED) is 0.255. The van der Waals surface area contributed by atoms with E-state index in [9.17, 15) is 9.90 Å². The number of allylic oxidation sites excluding steroid dienone is 7. The van der Waals surface area contributed by atoms with Gasteiger partial charge in [0.25, 0.3) is 0 Å². The van der Waals surface area contributed by atoms with Crippen molar-refractivity contribution < 1.29 is 19.0 Å². The molecule has 0 aromatic heterocycles. The van der Waals surface area contributed by atoms with Gasteiger partial charge in [-0.05, 0) is 106 Å². The highest BCUT2D eigenvalue weighted by atomic mass is 79.9. The van der Waals surface area contributed by atoms with Crippen LogP contribution in [0.2, 0.25) is 0 Å². The fourth-order valence-corrected chi connectivity index (χ4v) is 5.40. The number of aliphatic carboxylic acids is 1. The molecule has 1 aliphatic rings. The molecule has 0 heterocycles. The van der Waals surface area contributed by atoms with Gasteiger partial charge in [0.2, 0.25) is 0 Å². The van der Waals surface area contributed by atoms with Crippen LogP contribution in [0.3, 0.4) is 0 Å². The molecule has 33 heavy (non-hydrogen) atoms. The monoisotopic (exact) mass is 517 g/mol. The summed E-state index contributed by atoms with van der Waals surface area (Å²) >= 11 is 3.83. The van der Waals surface area contributed by atoms with Crippen LogP contribution in [-0.2, 0) is 10.2 Å². The third-order valence-electron chi connectivity index (χ3n) is 6.28. The first-order valence-corrected chi connectivity index (χ1v) is 12.4. The number of benzene rings is 1. The molecule has 0 radical (unpaired) electrons. The maximum Gasteiger partial charge on any atom is 0.141 e. The number of hydrogen-bond acceptors (Lipinski definition) is 3. The van der Waals surface area contributed by atoms with E-state index in [0.29, 0.717) is 35.8 Å². The Morgan fingerprint density at radius 1 is 1.30 bits per heavy atom. The molecular weight excluding hydrogens is 483 g/mol. The van der Waals surface area contributed by atoms with E-state index < -0.39 is 11.8 Å². The minimum atomic E-state index is -1.30. The van der Waals surface area contributed by atoms with Crippen LogP contribution in [0.1, 0.15) is 84.4 Å². The highest BCUT2D eigenvalue weighted by molar-refractivity contribution is 9.10. The number of carboxylic acid groups (broad SMARTS) is 1. The Balaban J connectivity index is 2.82. The molecule has 0 saturated carbocycles. The zero-order valence-electron chi connectivity index (χ0n) is 20.8. The molecule has 1 aromatic rings. The summed E-state index contributed by atoms with van der Waals surface area (Å²) in [5.41, 5.74) is 5.19. The zero-order valence-corrected chi connectivity index (χ0v) is 22.4. The van der Waals surface area contributed by atoms with Gasteiger partial charge in [0.1, 0.15) is 11.6 Å². The number of ether oxygens (including phenoxy) is 1. The summed E-state index contributed by atoms with van der Waals surface area (Å²) in [5, 5.41) is 10.8. The normalized spacial score (nSPS) is 17.4. The lowest BCUT2D eigenvalue weighted by molar-refractivity contribution is -0.297. The second kappa shape index (κ2) is 11.3. The molecule has 0 N–H and O–H groups in total. The van der Waals surface area contributed by atoms with E-state index in [2.05, 4.69) is 55.8 Å². The van der Waals surface area contributed by atoms with Crippen LogP contribution in [0.4, 0.5) is 4.39 Å². The van der Waals surface area contributed by atoms with Crippen LogP contribution in [-0.4, -0.2) is 12.6 Å². The molecule has 5 heteroatoms. The molecule has 3 nitrogen and oxygen atoms in total. The largest absolute Gasteiger partial charge is 0.545 e. The summed E-state index contributed by atoms with van der Waals surface area (Å²) in [4.78, 5) is 10.8. The van der Waals surface area contributed by atoms with E-state index in [4.69, 9.17) is 4.74 Å². The summed E-state index contributed by atoms with van der Waals surface area (Å²) in [6.07, 6.45) is 8.43. The molecular formula is C28H35BrFO3-. The van der Waals surface area contributed by atoms with Crippen LogP contribution in [0.5, 0.6) is 5.75 Å². The zero-order chi connectivity index (χ0) is 24.9. The van der Waals surface area contributed by atoms with Crippen molar-refractivity contribution in [3.05, 3.63) is 62.9 Å². The Bertz CT molecular complexity index is 1030. The first-order valence-electron chi connectivity index (χ1n) is 11.6. The van der Waals surface area contributed by atoms with Crippen LogP contribution in [0.15, 0.2) is 46.2 Å². The highest BCUT2D eigenvalue weighted by Gasteiger charge is 2.34. The minimum absolute atomic E-state index is 0.0865. The van der Waals surface area contributed by atoms with Gasteiger partial charge in [0, 0.05) is 5.56 Å². The number of hydrogen-bond donors (Lipinski definition) is 0. The van der Waals surface area contributed by atoms with Gasteiger partial charge in [-0.1, -0.05) is 46.8 Å². The Labute approximate surface area is 206 Å². The highest BCUT2D eigenvalue weighted by Crippen LogP contribution is 2.51. The minimum Gasteiger partial charge on any atom is -0.545 e. The predicted octanol–water partition coefficient (Wildman–Crippen LogP) is 7.30. The van der Waals surface area contributed by atoms with Crippen molar-refractivity contribution in [3.63, 3.8) is 0 Å². The van der Waals surface area contributed by atoms with E-state index in [1.54, 1.807) is 6.92 Å². The lowest BCUT2D eigenvalue weighted by atomic mass is 9.70. The maximum absolute atomic E-state index is 15.4. The summed E-state index contributed by atoms with van der Waals surface area (Å²) < 4.78 is 22.4. The average Bonchev–Trinajstić information content (AvgIpc) is 2.73. The number of halogens is 2. The van der Waals surface area contributed by atoms with Crippen molar-refractivity contribution in [2.75, 3.05) is 6.61 Å². The molecule has 0 amide bonds. The van der Waals surface area contributed by atoms with Gasteiger partial charge >= 0.3 is 0 Å². The second-order valence-corrected chi connectivity index (χ2v) is 9.99. The molecule has 1 unspecified atom stereocenters. The molecule has 0 aliphatic heterocycles. The first kappa shape index (κ1) is 27.1. The topological polar surface area (TPSA) is 49.4 Å². The number of rotatable bonds is 9. The van der Waals surface area contributed by atoms with Crippen LogP contribution < -0.4 is 9.84 Å². The molecule has 0 fully saturated rings. The Hall–Kier alpha value is -2.14. The number of fused-ring (bicyclic) bond motifs is 1. The standard InChI is InChI=1S/C28H36BrFO3/c1-8-18(5)20-13-14-28(6,7)25-21(20)16-22(27(26(25)29)33-10-3)19(9-2)23(30)12-11-17(4)15-24(31)32/h11-13,15-16,18H,8-10,14H2,1-7H3,(H,31,32)/p-1. The fraction of sp³-hybridized carbons (Fsp3) is 0.464. The van der Waals surface area contributed by atoms with Gasteiger partial charge in [-0.25, -0.2) is 4.39 Å². The van der Waals surface area contributed by atoms with E-state index >= 15 is 4.39 Å². The molecule has 0 bridgehead atoms. The van der Waals surface area contributed by atoms with Gasteiger partial charge in [-0.15, -0.1) is 0 Å². The van der Waals surface area contributed by atoms with Crippen molar-refractivity contribution in [3.8, 4) is 5.75 Å². The summed E-state index contributed by atoms with van der Waals surface area (Å²) in [6.45, 7) is 14.7. The van der Waals surface area contributed by atoms with Gasteiger partial charge < -0.3 is 14.6 Å². The first-order chi connectivity index (χ1) is 15.5. The van der Waals surface area contributed by atoms with Crippen LogP contribution in [0.25, 0.3) is 11.1 Å². The predicted molar refractivity (Wildman–Crippen MR) is 137 cm³/mol. The van der Waals surface area contributed by atoms with Crippen molar-refractivity contribution >= 4 is 33.0 Å². The Kier molecular flexibility index (Phi) is 9.30. The molecule has 1 aromatic carbocycles. The van der Waals surface area contributed by atoms with Gasteiger partial charge in [0.15, 0.2) is 0 Å². The van der Waals surface area contributed by atoms with Crippen molar-refractivity contribution in [2.24, 2.45) is 5.92 Å². The third-order valence-corrected chi connectivity index (χ3v) is 7.04. The Morgan fingerprint density at radius 2 is 1.97 bits per heavy atom. The van der Waals surface area contributed by atoms with E-state index in [0.717, 1.165) is 34.5 Å². The molecule has 0 spiro atoms. The molecule has 2 rings (SSSR count). The van der Waals surface area contributed by atoms with Crippen LogP contribution in [0, 0.1) is 5.92 Å². The van der Waals surface area contributed by atoms with Gasteiger partial charge in [0.05, 0.1) is 17.0 Å². The number of carboxylic acids is 1. The lowest BCUT2D eigenvalue weighted by Crippen LogP contribution is -2.24. The fourth-order valence-electron chi connectivity index (χ4n) is 4.32. The van der Waals surface area contributed by atoms with Crippen molar-refractivity contribution in [2.45, 2.75) is 73.1 Å². The molecule has 1 atom stereocenters. The maximum atomic E-state index is 15.4. The summed E-state index contributed by atoms with van der Waals surface area (Å²) in [6, 6.07) is 2.08. The summed E-state index contributed by atoms with van der Waals surface area (Å²) in [7, 11) is 0. The van der Waals surface area contributed by atoms with E-state index in [1.807, 2.05) is 13.8 Å². The smallest absolute Gasteiger partial charge is 0.141 e. The SMILES string of the molecule is CCOc1c(C(CC)=C(F)C=CC(C)=CC(=O)[O-])cc2c(c1Br)C(C)(C)CC=C2C(C)CC.